The monoisotopic (exact) mass is 508 g/mol. The molecule has 0 unspecified atom stereocenters. The number of anilines is 2. The standard InChI is InChI=1S/C25H25ClN6O2S/c1-31(19-10-8-18(26)9-11-19)30-24(34)21-14-20-22(28-29-25(20)35-21)27-23(33)17-6-4-16(5-7-17)15-32-12-2-3-13-32/h4-11,14H,2-3,12-13,15H2,1H3,(H,30,34)(H2,27,28,29,33). The highest BCUT2D eigenvalue weighted by Crippen LogP contribution is 2.29. The topological polar surface area (TPSA) is 93.4 Å². The number of nitrogens with zero attached hydrogens (tertiary/aromatic N) is 3. The maximum absolute atomic E-state index is 12.8. The van der Waals surface area contributed by atoms with Crippen LogP contribution < -0.4 is 15.8 Å². The fourth-order valence-electron chi connectivity index (χ4n) is 4.10. The first-order chi connectivity index (χ1) is 17.0. The Morgan fingerprint density at radius 3 is 2.51 bits per heavy atom. The minimum Gasteiger partial charge on any atom is -0.306 e. The lowest BCUT2D eigenvalue weighted by atomic mass is 10.1. The minimum atomic E-state index is -0.267. The molecule has 0 aliphatic carbocycles. The fourth-order valence-corrected chi connectivity index (χ4v) is 5.11. The Kier molecular flexibility index (Phi) is 6.72. The number of hydrogen-bond acceptors (Lipinski definition) is 6. The highest BCUT2D eigenvalue weighted by molar-refractivity contribution is 7.20. The Morgan fingerprint density at radius 1 is 1.09 bits per heavy atom. The van der Waals surface area contributed by atoms with Crippen LogP contribution in [0.15, 0.2) is 54.6 Å². The van der Waals surface area contributed by atoms with Gasteiger partial charge in [0, 0.05) is 24.2 Å². The molecule has 0 atom stereocenters. The van der Waals surface area contributed by atoms with Crippen LogP contribution >= 0.6 is 22.9 Å². The number of likely N-dealkylation sites (tertiary alicyclic amines) is 1. The van der Waals surface area contributed by atoms with E-state index in [2.05, 4.69) is 25.8 Å². The largest absolute Gasteiger partial charge is 0.306 e. The molecular formula is C25H25ClN6O2S. The van der Waals surface area contributed by atoms with Gasteiger partial charge in [-0.2, -0.15) is 5.10 Å². The zero-order valence-electron chi connectivity index (χ0n) is 19.2. The van der Waals surface area contributed by atoms with Gasteiger partial charge in [0.1, 0.15) is 10.6 Å². The lowest BCUT2D eigenvalue weighted by molar-refractivity contribution is 0.0954. The van der Waals surface area contributed by atoms with Crippen LogP contribution in [0.1, 0.15) is 38.4 Å². The van der Waals surface area contributed by atoms with Crippen LogP contribution in [0.3, 0.4) is 0 Å². The van der Waals surface area contributed by atoms with Crippen molar-refractivity contribution in [3.63, 3.8) is 0 Å². The van der Waals surface area contributed by atoms with E-state index < -0.39 is 0 Å². The van der Waals surface area contributed by atoms with E-state index in [-0.39, 0.29) is 11.8 Å². The van der Waals surface area contributed by atoms with Crippen LogP contribution in [0.5, 0.6) is 0 Å². The van der Waals surface area contributed by atoms with E-state index in [1.165, 1.54) is 29.7 Å². The molecule has 10 heteroatoms. The summed E-state index contributed by atoms with van der Waals surface area (Å²) in [4.78, 5) is 29.1. The first-order valence-corrected chi connectivity index (χ1v) is 12.6. The van der Waals surface area contributed by atoms with Crippen molar-refractivity contribution in [2.75, 3.05) is 30.5 Å². The summed E-state index contributed by atoms with van der Waals surface area (Å²) in [7, 11) is 1.75. The van der Waals surface area contributed by atoms with Crippen molar-refractivity contribution >= 4 is 56.5 Å². The van der Waals surface area contributed by atoms with Gasteiger partial charge in [0.05, 0.1) is 16.0 Å². The summed E-state index contributed by atoms with van der Waals surface area (Å²) in [6, 6.07) is 16.6. The van der Waals surface area contributed by atoms with Crippen LogP contribution in [0, 0.1) is 0 Å². The van der Waals surface area contributed by atoms with E-state index in [0.29, 0.717) is 31.5 Å². The van der Waals surface area contributed by atoms with E-state index in [1.807, 2.05) is 36.4 Å². The maximum Gasteiger partial charge on any atom is 0.279 e. The number of nitrogens with one attached hydrogen (secondary N) is 3. The predicted molar refractivity (Wildman–Crippen MR) is 140 cm³/mol. The van der Waals surface area contributed by atoms with Crippen molar-refractivity contribution in [1.82, 2.24) is 20.5 Å². The van der Waals surface area contributed by atoms with Crippen LogP contribution in [-0.2, 0) is 6.54 Å². The molecule has 0 spiro atoms. The van der Waals surface area contributed by atoms with E-state index in [1.54, 1.807) is 30.3 Å². The van der Waals surface area contributed by atoms with Crippen LogP contribution in [0.2, 0.25) is 5.02 Å². The number of carbonyl (C=O) groups is 2. The molecule has 1 fully saturated rings. The lowest BCUT2D eigenvalue weighted by Gasteiger charge is -2.19. The number of benzene rings is 2. The van der Waals surface area contributed by atoms with Crippen molar-refractivity contribution < 1.29 is 9.59 Å². The average molecular weight is 509 g/mol. The van der Waals surface area contributed by atoms with Crippen molar-refractivity contribution in [2.45, 2.75) is 19.4 Å². The molecule has 35 heavy (non-hydrogen) atoms. The number of hydrazine groups is 1. The van der Waals surface area contributed by atoms with Crippen molar-refractivity contribution in [1.29, 1.82) is 0 Å². The molecule has 3 N–H and O–H groups in total. The third-order valence-electron chi connectivity index (χ3n) is 6.02. The molecule has 5 rings (SSSR count). The number of halogens is 1. The second-order valence-corrected chi connectivity index (χ2v) is 10.0. The SMILES string of the molecule is CN(NC(=O)c1cc2c(NC(=O)c3ccc(CN4CCCC4)cc3)[nH]nc2s1)c1ccc(Cl)cc1. The van der Waals surface area contributed by atoms with Crippen molar-refractivity contribution in [2.24, 2.45) is 0 Å². The Balaban J connectivity index is 1.24. The summed E-state index contributed by atoms with van der Waals surface area (Å²) in [5, 5.41) is 12.9. The van der Waals surface area contributed by atoms with E-state index in [9.17, 15) is 9.59 Å². The summed E-state index contributed by atoms with van der Waals surface area (Å²) >= 11 is 7.18. The van der Waals surface area contributed by atoms with E-state index >= 15 is 0 Å². The number of fused-ring (bicyclic) bond motifs is 1. The molecule has 180 valence electrons. The molecular weight excluding hydrogens is 484 g/mol. The van der Waals surface area contributed by atoms with Gasteiger partial charge in [0.2, 0.25) is 0 Å². The quantitative estimate of drug-likeness (QED) is 0.308. The van der Waals surface area contributed by atoms with Gasteiger partial charge in [0.25, 0.3) is 11.8 Å². The van der Waals surface area contributed by atoms with E-state index in [4.69, 9.17) is 11.6 Å². The van der Waals surface area contributed by atoms with Crippen LogP contribution in [0.4, 0.5) is 11.5 Å². The van der Waals surface area contributed by atoms with Gasteiger partial charge < -0.3 is 5.32 Å². The lowest BCUT2D eigenvalue weighted by Crippen LogP contribution is -2.38. The summed E-state index contributed by atoms with van der Waals surface area (Å²) < 4.78 is 0. The average Bonchev–Trinajstić information content (AvgIpc) is 3.59. The molecule has 0 radical (unpaired) electrons. The molecule has 2 aromatic heterocycles. The normalized spacial score (nSPS) is 13.8. The molecule has 1 aliphatic heterocycles. The third-order valence-corrected chi connectivity index (χ3v) is 7.30. The van der Waals surface area contributed by atoms with Crippen LogP contribution in [-0.4, -0.2) is 47.0 Å². The second-order valence-electron chi connectivity index (χ2n) is 8.54. The van der Waals surface area contributed by atoms with Gasteiger partial charge in [-0.3, -0.25) is 30.0 Å². The summed E-state index contributed by atoms with van der Waals surface area (Å²) in [5.41, 5.74) is 5.39. The van der Waals surface area contributed by atoms with Gasteiger partial charge >= 0.3 is 0 Å². The maximum atomic E-state index is 12.8. The van der Waals surface area contributed by atoms with Gasteiger partial charge in [-0.25, -0.2) is 0 Å². The van der Waals surface area contributed by atoms with Crippen molar-refractivity contribution in [3.05, 3.63) is 75.6 Å². The number of aromatic nitrogens is 2. The molecule has 4 aromatic rings. The zero-order chi connectivity index (χ0) is 24.4. The first-order valence-electron chi connectivity index (χ1n) is 11.4. The number of amides is 2. The molecule has 1 aliphatic rings. The zero-order valence-corrected chi connectivity index (χ0v) is 20.7. The number of rotatable bonds is 7. The molecule has 2 aromatic carbocycles. The van der Waals surface area contributed by atoms with E-state index in [0.717, 1.165) is 25.3 Å². The Morgan fingerprint density at radius 2 is 1.80 bits per heavy atom. The predicted octanol–water partition coefficient (Wildman–Crippen LogP) is 4.91. The summed E-state index contributed by atoms with van der Waals surface area (Å²) in [6.45, 7) is 3.18. The number of H-pyrrole nitrogens is 1. The molecule has 3 heterocycles. The van der Waals surface area contributed by atoms with Gasteiger partial charge in [-0.15, -0.1) is 11.3 Å². The Hall–Kier alpha value is -3.40. The summed E-state index contributed by atoms with van der Waals surface area (Å²) in [6.07, 6.45) is 2.51. The highest BCUT2D eigenvalue weighted by Gasteiger charge is 2.18. The Bertz CT molecular complexity index is 1340. The number of aromatic amines is 1. The third kappa shape index (κ3) is 5.32. The summed E-state index contributed by atoms with van der Waals surface area (Å²) in [5.74, 6) is -0.0354. The fraction of sp³-hybridized carbons (Fsp3) is 0.240. The smallest absolute Gasteiger partial charge is 0.279 e. The minimum absolute atomic E-state index is 0.233. The van der Waals surface area contributed by atoms with Gasteiger partial charge in [0.15, 0.2) is 0 Å². The number of carbonyl (C=O) groups excluding carboxylic acids is 2. The van der Waals surface area contributed by atoms with Crippen molar-refractivity contribution in [3.8, 4) is 0 Å². The first kappa shape index (κ1) is 23.3. The molecule has 1 saturated heterocycles. The Labute approximate surface area is 211 Å². The van der Waals surface area contributed by atoms with Gasteiger partial charge in [-0.1, -0.05) is 23.7 Å². The number of thiophene rings is 1. The molecule has 0 bridgehead atoms. The number of hydrogen-bond donors (Lipinski definition) is 3. The highest BCUT2D eigenvalue weighted by atomic mass is 35.5. The second kappa shape index (κ2) is 10.1. The molecule has 8 nitrogen and oxygen atoms in total. The van der Waals surface area contributed by atoms with Gasteiger partial charge in [-0.05, 0) is 74.0 Å². The molecule has 0 saturated carbocycles. The molecule has 2 amide bonds. The van der Waals surface area contributed by atoms with Crippen LogP contribution in [0.25, 0.3) is 10.2 Å².